The Labute approximate surface area is 104 Å². The van der Waals surface area contributed by atoms with Crippen LogP contribution < -0.4 is 0 Å². The van der Waals surface area contributed by atoms with Crippen molar-refractivity contribution in [3.63, 3.8) is 0 Å². The topological polar surface area (TPSA) is 39.2 Å². The zero-order chi connectivity index (χ0) is 12.3. The molecule has 17 heavy (non-hydrogen) atoms. The number of hydrogen-bond acceptors (Lipinski definition) is 4. The first-order valence-corrected chi connectivity index (χ1v) is 6.26. The molecule has 4 heteroatoms. The van der Waals surface area contributed by atoms with Gasteiger partial charge in [-0.15, -0.1) is 11.3 Å². The Morgan fingerprint density at radius 2 is 2.24 bits per heavy atom. The van der Waals surface area contributed by atoms with Gasteiger partial charge in [-0.3, -0.25) is 4.98 Å². The van der Waals surface area contributed by atoms with Crippen LogP contribution in [-0.2, 0) is 11.2 Å². The van der Waals surface area contributed by atoms with Crippen molar-refractivity contribution < 1.29 is 9.53 Å². The van der Waals surface area contributed by atoms with Crippen LogP contribution in [0.15, 0.2) is 29.6 Å². The van der Waals surface area contributed by atoms with E-state index in [2.05, 4.69) is 4.98 Å². The molecule has 2 aromatic heterocycles. The normalized spacial score (nSPS) is 10.2. The van der Waals surface area contributed by atoms with Gasteiger partial charge in [0.2, 0.25) is 0 Å². The van der Waals surface area contributed by atoms with E-state index < -0.39 is 0 Å². The average molecular weight is 247 g/mol. The fourth-order valence-electron chi connectivity index (χ4n) is 1.63. The Morgan fingerprint density at radius 3 is 2.82 bits per heavy atom. The number of ether oxygens (including phenoxy) is 1. The number of aryl methyl sites for hydroxylation is 1. The summed E-state index contributed by atoms with van der Waals surface area (Å²) in [5.74, 6) is -0.327. The summed E-state index contributed by atoms with van der Waals surface area (Å²) in [6, 6.07) is 7.65. The predicted molar refractivity (Wildman–Crippen MR) is 68.3 cm³/mol. The molecule has 0 atom stereocenters. The maximum Gasteiger partial charge on any atom is 0.339 e. The van der Waals surface area contributed by atoms with Crippen molar-refractivity contribution in [1.29, 1.82) is 0 Å². The monoisotopic (exact) mass is 247 g/mol. The molecule has 0 amide bonds. The number of carbonyl (C=O) groups excluding carboxylic acids is 1. The fraction of sp³-hybridized carbons (Fsp3) is 0.231. The van der Waals surface area contributed by atoms with Crippen molar-refractivity contribution >= 4 is 17.3 Å². The van der Waals surface area contributed by atoms with Crippen LogP contribution in [0.4, 0.5) is 0 Å². The summed E-state index contributed by atoms with van der Waals surface area (Å²) in [5.41, 5.74) is 2.24. The highest BCUT2D eigenvalue weighted by Crippen LogP contribution is 2.24. The number of carbonyl (C=O) groups is 1. The lowest BCUT2D eigenvalue weighted by molar-refractivity contribution is 0.0599. The molecule has 0 fully saturated rings. The van der Waals surface area contributed by atoms with Crippen molar-refractivity contribution in [3.8, 4) is 10.6 Å². The molecule has 3 nitrogen and oxygen atoms in total. The first-order chi connectivity index (χ1) is 8.26. The Bertz CT molecular complexity index is 520. The minimum atomic E-state index is -0.327. The third kappa shape index (κ3) is 2.36. The number of thiophene rings is 1. The van der Waals surface area contributed by atoms with Crippen molar-refractivity contribution in [2.45, 2.75) is 13.3 Å². The molecule has 0 unspecified atom stereocenters. The molecule has 0 aliphatic rings. The highest BCUT2D eigenvalue weighted by molar-refractivity contribution is 7.13. The van der Waals surface area contributed by atoms with Crippen molar-refractivity contribution in [2.24, 2.45) is 0 Å². The van der Waals surface area contributed by atoms with Gasteiger partial charge in [-0.25, -0.2) is 4.79 Å². The first kappa shape index (κ1) is 11.8. The fourth-order valence-corrected chi connectivity index (χ4v) is 2.32. The third-order valence-electron chi connectivity index (χ3n) is 2.49. The second-order valence-electron chi connectivity index (χ2n) is 3.51. The van der Waals surface area contributed by atoms with E-state index in [0.29, 0.717) is 12.0 Å². The number of methoxy groups -OCH3 is 1. The molecular weight excluding hydrogens is 234 g/mol. The van der Waals surface area contributed by atoms with Crippen molar-refractivity contribution in [3.05, 3.63) is 40.9 Å². The zero-order valence-corrected chi connectivity index (χ0v) is 10.6. The Hall–Kier alpha value is -1.68. The van der Waals surface area contributed by atoms with Gasteiger partial charge in [-0.2, -0.15) is 0 Å². The number of esters is 1. The van der Waals surface area contributed by atoms with Gasteiger partial charge in [0.1, 0.15) is 0 Å². The first-order valence-electron chi connectivity index (χ1n) is 5.38. The Balaban J connectivity index is 2.44. The smallest absolute Gasteiger partial charge is 0.339 e. The van der Waals surface area contributed by atoms with Crippen LogP contribution in [0.5, 0.6) is 0 Å². The predicted octanol–water partition coefficient (Wildman–Crippen LogP) is 3.16. The SMILES string of the molecule is CCc1nc(-c2cccs2)ccc1C(=O)OC. The summed E-state index contributed by atoms with van der Waals surface area (Å²) < 4.78 is 4.73. The summed E-state index contributed by atoms with van der Waals surface area (Å²) in [7, 11) is 1.38. The minimum Gasteiger partial charge on any atom is -0.465 e. The summed E-state index contributed by atoms with van der Waals surface area (Å²) in [5, 5.41) is 2.01. The second-order valence-corrected chi connectivity index (χ2v) is 4.46. The molecule has 2 aromatic rings. The van der Waals surface area contributed by atoms with Gasteiger partial charge in [-0.1, -0.05) is 13.0 Å². The summed E-state index contributed by atoms with van der Waals surface area (Å²) in [6.07, 6.45) is 0.712. The van der Waals surface area contributed by atoms with Gasteiger partial charge in [0.15, 0.2) is 0 Å². The quantitative estimate of drug-likeness (QED) is 0.782. The van der Waals surface area contributed by atoms with Crippen LogP contribution in [0.2, 0.25) is 0 Å². The number of hydrogen-bond donors (Lipinski definition) is 0. The van der Waals surface area contributed by atoms with Crippen molar-refractivity contribution in [1.82, 2.24) is 4.98 Å². The standard InChI is InChI=1S/C13H13NO2S/c1-3-10-9(13(15)16-2)6-7-11(14-10)12-5-4-8-17-12/h4-8H,3H2,1-2H3. The van der Waals surface area contributed by atoms with Gasteiger partial charge >= 0.3 is 5.97 Å². The van der Waals surface area contributed by atoms with Crippen LogP contribution in [-0.4, -0.2) is 18.1 Å². The molecule has 0 radical (unpaired) electrons. The third-order valence-corrected chi connectivity index (χ3v) is 3.38. The number of aromatic nitrogens is 1. The number of pyridine rings is 1. The van der Waals surface area contributed by atoms with E-state index in [9.17, 15) is 4.79 Å². The van der Waals surface area contributed by atoms with Gasteiger partial charge < -0.3 is 4.74 Å². The summed E-state index contributed by atoms with van der Waals surface area (Å²) in [4.78, 5) is 17.2. The van der Waals surface area contributed by atoms with Crippen LogP contribution in [0.1, 0.15) is 23.0 Å². The van der Waals surface area contributed by atoms with E-state index in [4.69, 9.17) is 4.74 Å². The highest BCUT2D eigenvalue weighted by Gasteiger charge is 2.13. The van der Waals surface area contributed by atoms with Crippen LogP contribution >= 0.6 is 11.3 Å². The number of nitrogens with zero attached hydrogens (tertiary/aromatic N) is 1. The lowest BCUT2D eigenvalue weighted by atomic mass is 10.1. The van der Waals surface area contributed by atoms with E-state index in [0.717, 1.165) is 16.3 Å². The molecule has 2 rings (SSSR count). The number of rotatable bonds is 3. The van der Waals surface area contributed by atoms with E-state index in [-0.39, 0.29) is 5.97 Å². The van der Waals surface area contributed by atoms with Crippen molar-refractivity contribution in [2.75, 3.05) is 7.11 Å². The molecule has 0 spiro atoms. The molecule has 0 aliphatic heterocycles. The molecule has 0 saturated heterocycles. The van der Waals surface area contributed by atoms with E-state index in [1.54, 1.807) is 17.4 Å². The van der Waals surface area contributed by atoms with Crippen LogP contribution in [0.25, 0.3) is 10.6 Å². The minimum absolute atomic E-state index is 0.327. The molecule has 0 bridgehead atoms. The van der Waals surface area contributed by atoms with Crippen LogP contribution in [0, 0.1) is 0 Å². The molecule has 88 valence electrons. The lowest BCUT2D eigenvalue weighted by Crippen LogP contribution is -2.07. The maximum atomic E-state index is 11.5. The van der Waals surface area contributed by atoms with E-state index in [1.165, 1.54) is 7.11 Å². The molecule has 0 aliphatic carbocycles. The molecule has 0 saturated carbocycles. The Kier molecular flexibility index (Phi) is 3.54. The zero-order valence-electron chi connectivity index (χ0n) is 9.77. The maximum absolute atomic E-state index is 11.5. The molecule has 0 aromatic carbocycles. The van der Waals surface area contributed by atoms with Gasteiger partial charge in [0.25, 0.3) is 0 Å². The van der Waals surface area contributed by atoms with Gasteiger partial charge in [-0.05, 0) is 30.0 Å². The molecule has 2 heterocycles. The van der Waals surface area contributed by atoms with Gasteiger partial charge in [0.05, 0.1) is 28.9 Å². The molecule has 0 N–H and O–H groups in total. The lowest BCUT2D eigenvalue weighted by Gasteiger charge is -2.06. The summed E-state index contributed by atoms with van der Waals surface area (Å²) >= 11 is 1.64. The highest BCUT2D eigenvalue weighted by atomic mass is 32.1. The van der Waals surface area contributed by atoms with Crippen LogP contribution in [0.3, 0.4) is 0 Å². The average Bonchev–Trinajstić information content (AvgIpc) is 2.91. The van der Waals surface area contributed by atoms with E-state index >= 15 is 0 Å². The largest absolute Gasteiger partial charge is 0.465 e. The second kappa shape index (κ2) is 5.10. The molecular formula is C13H13NO2S. The Morgan fingerprint density at radius 1 is 1.41 bits per heavy atom. The summed E-state index contributed by atoms with van der Waals surface area (Å²) in [6.45, 7) is 1.98. The van der Waals surface area contributed by atoms with E-state index in [1.807, 2.05) is 30.5 Å². The van der Waals surface area contributed by atoms with Gasteiger partial charge in [0, 0.05) is 0 Å².